The first-order valence-corrected chi connectivity index (χ1v) is 12.8. The molecule has 1 aromatic heterocycles. The Morgan fingerprint density at radius 1 is 1.08 bits per heavy atom. The van der Waals surface area contributed by atoms with Crippen molar-refractivity contribution in [3.63, 3.8) is 0 Å². The van der Waals surface area contributed by atoms with Crippen LogP contribution in [0.5, 0.6) is 0 Å². The van der Waals surface area contributed by atoms with Gasteiger partial charge in [-0.2, -0.15) is 0 Å². The van der Waals surface area contributed by atoms with Gasteiger partial charge in [0.15, 0.2) is 0 Å². The van der Waals surface area contributed by atoms with E-state index in [1.54, 1.807) is 19.1 Å². The van der Waals surface area contributed by atoms with Crippen LogP contribution in [0.15, 0.2) is 54.7 Å². The van der Waals surface area contributed by atoms with E-state index in [9.17, 15) is 18.8 Å². The summed E-state index contributed by atoms with van der Waals surface area (Å²) in [7, 11) is 1.28. The highest BCUT2D eigenvalue weighted by Gasteiger charge is 2.31. The van der Waals surface area contributed by atoms with Crippen LogP contribution in [0.25, 0.3) is 10.6 Å². The van der Waals surface area contributed by atoms with Gasteiger partial charge in [-0.25, -0.2) is 9.37 Å². The Bertz CT molecular complexity index is 1240. The summed E-state index contributed by atoms with van der Waals surface area (Å²) in [6.07, 6.45) is 2.06. The molecule has 3 rings (SSSR count). The fourth-order valence-electron chi connectivity index (χ4n) is 3.90. The van der Waals surface area contributed by atoms with Gasteiger partial charge in [0.05, 0.1) is 19.2 Å². The van der Waals surface area contributed by atoms with Gasteiger partial charge in [-0.3, -0.25) is 14.4 Å². The number of carbonyl (C=O) groups is 3. The lowest BCUT2D eigenvalue weighted by Crippen LogP contribution is -2.54. The van der Waals surface area contributed by atoms with Gasteiger partial charge < -0.3 is 15.4 Å². The normalized spacial score (nSPS) is 12.9. The van der Waals surface area contributed by atoms with Crippen LogP contribution in [0.2, 0.25) is 0 Å². The number of nitrogens with one attached hydrogen (secondary N) is 2. The fraction of sp³-hybridized carbons (Fsp3) is 0.357. The number of hydrogen-bond donors (Lipinski definition) is 2. The minimum absolute atomic E-state index is 0.0640. The number of amides is 2. The second-order valence-corrected chi connectivity index (χ2v) is 10.8. The highest BCUT2D eigenvalue weighted by Crippen LogP contribution is 2.25. The van der Waals surface area contributed by atoms with Gasteiger partial charge in [0, 0.05) is 11.1 Å². The molecule has 0 saturated carbocycles. The molecule has 0 bridgehead atoms. The summed E-state index contributed by atoms with van der Waals surface area (Å²) in [4.78, 5) is 43.0. The molecule has 37 heavy (non-hydrogen) atoms. The number of esters is 1. The van der Waals surface area contributed by atoms with Gasteiger partial charge in [0.25, 0.3) is 5.91 Å². The lowest BCUT2D eigenvalue weighted by Gasteiger charge is -2.30. The predicted molar refractivity (Wildman–Crippen MR) is 142 cm³/mol. The molecule has 2 atom stereocenters. The summed E-state index contributed by atoms with van der Waals surface area (Å²) in [6, 6.07) is 12.9. The molecule has 9 heteroatoms. The summed E-state index contributed by atoms with van der Waals surface area (Å²) in [5, 5.41) is 6.33. The molecule has 2 amide bonds. The third-order valence-electron chi connectivity index (χ3n) is 5.86. The quantitative estimate of drug-likeness (QED) is 0.374. The van der Waals surface area contributed by atoms with E-state index in [1.165, 1.54) is 25.4 Å². The summed E-state index contributed by atoms with van der Waals surface area (Å²) >= 11 is 1.13. The SMILES string of the molecule is COC(=O)C(C)C[C@H](NC(=O)c1cnc(-c2ccc(F)cc2)s1)C(=O)NC(C)(C)Cc1ccc(C)cc1. The smallest absolute Gasteiger partial charge is 0.308 e. The van der Waals surface area contributed by atoms with Gasteiger partial charge in [-0.15, -0.1) is 11.3 Å². The van der Waals surface area contributed by atoms with E-state index in [2.05, 4.69) is 15.6 Å². The Morgan fingerprint density at radius 2 is 1.73 bits per heavy atom. The van der Waals surface area contributed by atoms with E-state index in [4.69, 9.17) is 4.74 Å². The largest absolute Gasteiger partial charge is 0.469 e. The molecular weight excluding hydrogens is 493 g/mol. The zero-order valence-corrected chi connectivity index (χ0v) is 22.4. The molecule has 1 heterocycles. The van der Waals surface area contributed by atoms with Crippen LogP contribution in [0.4, 0.5) is 4.39 Å². The van der Waals surface area contributed by atoms with E-state index in [-0.39, 0.29) is 12.2 Å². The molecule has 2 N–H and O–H groups in total. The van der Waals surface area contributed by atoms with E-state index in [1.807, 2.05) is 45.0 Å². The minimum Gasteiger partial charge on any atom is -0.469 e. The number of nitrogens with zero attached hydrogens (tertiary/aromatic N) is 1. The number of aryl methyl sites for hydroxylation is 1. The molecule has 0 spiro atoms. The van der Waals surface area contributed by atoms with Crippen molar-refractivity contribution in [2.45, 2.75) is 52.1 Å². The molecule has 3 aromatic rings. The number of rotatable bonds is 10. The fourth-order valence-corrected chi connectivity index (χ4v) is 4.72. The number of ether oxygens (including phenoxy) is 1. The number of thiazole rings is 1. The van der Waals surface area contributed by atoms with Crippen LogP contribution in [0.1, 0.15) is 48.0 Å². The Balaban J connectivity index is 1.75. The number of halogens is 1. The summed E-state index contributed by atoms with van der Waals surface area (Å²) in [6.45, 7) is 7.48. The van der Waals surface area contributed by atoms with Gasteiger partial charge in [-0.05, 0) is 63.4 Å². The first-order chi connectivity index (χ1) is 17.5. The van der Waals surface area contributed by atoms with E-state index in [0.717, 1.165) is 22.5 Å². The molecule has 0 aliphatic rings. The second kappa shape index (κ2) is 12.1. The number of hydrogen-bond acceptors (Lipinski definition) is 6. The monoisotopic (exact) mass is 525 g/mol. The van der Waals surface area contributed by atoms with Crippen molar-refractivity contribution in [3.05, 3.63) is 76.5 Å². The second-order valence-electron chi connectivity index (χ2n) is 9.76. The Morgan fingerprint density at radius 3 is 2.35 bits per heavy atom. The maximum atomic E-state index is 13.3. The van der Waals surface area contributed by atoms with Crippen molar-refractivity contribution >= 4 is 29.1 Å². The van der Waals surface area contributed by atoms with Crippen LogP contribution in [-0.2, 0) is 20.7 Å². The molecule has 0 fully saturated rings. The van der Waals surface area contributed by atoms with E-state index >= 15 is 0 Å². The Labute approximate surface area is 220 Å². The molecule has 0 aliphatic carbocycles. The summed E-state index contributed by atoms with van der Waals surface area (Å²) in [5.41, 5.74) is 2.29. The molecule has 1 unspecified atom stereocenters. The highest BCUT2D eigenvalue weighted by molar-refractivity contribution is 7.16. The standard InChI is InChI=1S/C28H32FN3O4S/c1-17-6-8-19(9-7-17)15-28(3,4)32-24(33)22(14-18(2)27(35)36-5)31-25(34)23-16-30-26(37-23)20-10-12-21(29)13-11-20/h6-13,16,18,22H,14-15H2,1-5H3,(H,31,34)(H,32,33)/t18?,22-/m0/s1. The topological polar surface area (TPSA) is 97.4 Å². The third kappa shape index (κ3) is 7.95. The number of benzene rings is 2. The van der Waals surface area contributed by atoms with Gasteiger partial charge in [0.1, 0.15) is 21.7 Å². The molecule has 196 valence electrons. The molecule has 7 nitrogen and oxygen atoms in total. The van der Waals surface area contributed by atoms with Crippen LogP contribution in [0.3, 0.4) is 0 Å². The van der Waals surface area contributed by atoms with Crippen molar-refractivity contribution in [1.82, 2.24) is 15.6 Å². The minimum atomic E-state index is -0.977. The zero-order chi connectivity index (χ0) is 27.2. The first-order valence-electron chi connectivity index (χ1n) is 12.0. The Kier molecular flexibility index (Phi) is 9.15. The average molecular weight is 526 g/mol. The molecule has 0 radical (unpaired) electrons. The van der Waals surface area contributed by atoms with Crippen molar-refractivity contribution in [3.8, 4) is 10.6 Å². The van der Waals surface area contributed by atoms with Crippen molar-refractivity contribution in [2.75, 3.05) is 7.11 Å². The van der Waals surface area contributed by atoms with Gasteiger partial charge in [-0.1, -0.05) is 36.8 Å². The third-order valence-corrected chi connectivity index (χ3v) is 6.91. The molecule has 0 aliphatic heterocycles. The van der Waals surface area contributed by atoms with Crippen molar-refractivity contribution in [1.29, 1.82) is 0 Å². The predicted octanol–water partition coefficient (Wildman–Crippen LogP) is 4.69. The highest BCUT2D eigenvalue weighted by atomic mass is 32.1. The van der Waals surface area contributed by atoms with Crippen LogP contribution < -0.4 is 10.6 Å². The van der Waals surface area contributed by atoms with E-state index in [0.29, 0.717) is 21.9 Å². The zero-order valence-electron chi connectivity index (χ0n) is 21.6. The van der Waals surface area contributed by atoms with E-state index < -0.39 is 35.3 Å². The molecule has 2 aromatic carbocycles. The average Bonchev–Trinajstić information content (AvgIpc) is 3.35. The van der Waals surface area contributed by atoms with Gasteiger partial charge in [0.2, 0.25) is 5.91 Å². The van der Waals surface area contributed by atoms with Crippen molar-refractivity contribution < 1.29 is 23.5 Å². The molecule has 0 saturated heterocycles. The molecular formula is C28H32FN3O4S. The van der Waals surface area contributed by atoms with Crippen molar-refractivity contribution in [2.24, 2.45) is 5.92 Å². The summed E-state index contributed by atoms with van der Waals surface area (Å²) < 4.78 is 18.1. The van der Waals surface area contributed by atoms with Crippen LogP contribution in [0, 0.1) is 18.7 Å². The lowest BCUT2D eigenvalue weighted by atomic mass is 9.93. The maximum Gasteiger partial charge on any atom is 0.308 e. The van der Waals surface area contributed by atoms with Crippen LogP contribution >= 0.6 is 11.3 Å². The maximum absolute atomic E-state index is 13.3. The summed E-state index contributed by atoms with van der Waals surface area (Å²) in [5.74, 6) is -2.33. The lowest BCUT2D eigenvalue weighted by molar-refractivity contribution is -0.145. The number of methoxy groups -OCH3 is 1. The first kappa shape index (κ1) is 28.0. The number of carbonyl (C=O) groups excluding carboxylic acids is 3. The van der Waals surface area contributed by atoms with Crippen LogP contribution in [-0.4, -0.2) is 41.5 Å². The van der Waals surface area contributed by atoms with Gasteiger partial charge >= 0.3 is 5.97 Å². The Hall–Kier alpha value is -3.59. The number of aromatic nitrogens is 1.